The van der Waals surface area contributed by atoms with Crippen LogP contribution in [0.1, 0.15) is 46.6 Å². The summed E-state index contributed by atoms with van der Waals surface area (Å²) in [6.07, 6.45) is 5.07. The Hall–Kier alpha value is -3.72. The Morgan fingerprint density at radius 1 is 1.18 bits per heavy atom. The SMILES string of the molecule is C=C(/C=C\C(C)=C(/C)N1CCOCC1)[C@@H](CC(=O)O)NC(=O)[C@H](CC(C)C)n1cnc2ccccc2c1=O. The van der Waals surface area contributed by atoms with Gasteiger partial charge in [-0.25, -0.2) is 4.98 Å². The number of allylic oxidation sites excluding steroid dienone is 3. The van der Waals surface area contributed by atoms with E-state index < -0.39 is 24.0 Å². The van der Waals surface area contributed by atoms with E-state index in [-0.39, 0.29) is 17.9 Å². The molecule has 1 aromatic heterocycles. The molecule has 0 spiro atoms. The largest absolute Gasteiger partial charge is 0.481 e. The number of rotatable bonds is 11. The van der Waals surface area contributed by atoms with Crippen molar-refractivity contribution in [3.8, 4) is 0 Å². The molecule has 1 saturated heterocycles. The van der Waals surface area contributed by atoms with E-state index in [4.69, 9.17) is 4.74 Å². The summed E-state index contributed by atoms with van der Waals surface area (Å²) in [6, 6.07) is 5.29. The number of nitrogens with one attached hydrogen (secondary N) is 1. The number of carboxylic acid groups (broad SMARTS) is 1. The Kier molecular flexibility index (Phi) is 10.0. The topological polar surface area (TPSA) is 114 Å². The summed E-state index contributed by atoms with van der Waals surface area (Å²) in [5, 5.41) is 12.8. The first-order chi connectivity index (χ1) is 18.1. The van der Waals surface area contributed by atoms with E-state index in [0.29, 0.717) is 36.1 Å². The second-order valence-electron chi connectivity index (χ2n) is 10.1. The van der Waals surface area contributed by atoms with E-state index in [1.54, 1.807) is 30.3 Å². The van der Waals surface area contributed by atoms with Crippen LogP contribution in [0.15, 0.2) is 71.0 Å². The van der Waals surface area contributed by atoms with Crippen LogP contribution in [0.4, 0.5) is 0 Å². The zero-order chi connectivity index (χ0) is 27.8. The fraction of sp³-hybridized carbons (Fsp3) is 0.448. The highest BCUT2D eigenvalue weighted by molar-refractivity contribution is 5.83. The van der Waals surface area contributed by atoms with Crippen molar-refractivity contribution in [2.75, 3.05) is 26.3 Å². The minimum atomic E-state index is -1.06. The zero-order valence-electron chi connectivity index (χ0n) is 22.6. The summed E-state index contributed by atoms with van der Waals surface area (Å²) in [6.45, 7) is 15.0. The van der Waals surface area contributed by atoms with Crippen LogP contribution in [0.25, 0.3) is 10.9 Å². The molecule has 2 aromatic rings. The van der Waals surface area contributed by atoms with E-state index >= 15 is 0 Å². The third-order valence-electron chi connectivity index (χ3n) is 6.77. The van der Waals surface area contributed by atoms with Crippen molar-refractivity contribution in [3.63, 3.8) is 0 Å². The van der Waals surface area contributed by atoms with Gasteiger partial charge in [-0.3, -0.25) is 19.0 Å². The molecule has 0 unspecified atom stereocenters. The number of fused-ring (bicyclic) bond motifs is 1. The normalized spacial score (nSPS) is 16.4. The lowest BCUT2D eigenvalue weighted by atomic mass is 10.00. The number of hydrogen-bond donors (Lipinski definition) is 2. The lowest BCUT2D eigenvalue weighted by Crippen LogP contribution is -2.44. The summed E-state index contributed by atoms with van der Waals surface area (Å²) in [5.41, 5.74) is 2.82. The number of aliphatic carboxylic acids is 1. The lowest BCUT2D eigenvalue weighted by Gasteiger charge is -2.30. The van der Waals surface area contributed by atoms with E-state index in [0.717, 1.165) is 24.4 Å². The molecule has 204 valence electrons. The van der Waals surface area contributed by atoms with Gasteiger partial charge in [0.05, 0.1) is 42.9 Å². The first-order valence-corrected chi connectivity index (χ1v) is 12.9. The number of hydrogen-bond acceptors (Lipinski definition) is 6. The van der Waals surface area contributed by atoms with Gasteiger partial charge in [0, 0.05) is 18.8 Å². The van der Waals surface area contributed by atoms with Crippen molar-refractivity contribution in [1.29, 1.82) is 0 Å². The fourth-order valence-corrected chi connectivity index (χ4v) is 4.43. The van der Waals surface area contributed by atoms with Crippen LogP contribution in [-0.2, 0) is 14.3 Å². The van der Waals surface area contributed by atoms with E-state index in [1.807, 2.05) is 33.8 Å². The second kappa shape index (κ2) is 13.2. The number of aromatic nitrogens is 2. The van der Waals surface area contributed by atoms with Crippen LogP contribution in [0.3, 0.4) is 0 Å². The van der Waals surface area contributed by atoms with Gasteiger partial charge in [0.25, 0.3) is 5.56 Å². The Bertz CT molecular complexity index is 1290. The van der Waals surface area contributed by atoms with Crippen molar-refractivity contribution < 1.29 is 19.4 Å². The molecule has 0 bridgehead atoms. The predicted molar refractivity (Wildman–Crippen MR) is 148 cm³/mol. The van der Waals surface area contributed by atoms with E-state index in [9.17, 15) is 19.5 Å². The standard InChI is InChI=1S/C29H38N4O5/c1-19(2)16-26(33-18-30-24-9-7-6-8-23(24)29(33)37)28(36)31-25(17-27(34)35)21(4)11-10-20(3)22(5)32-12-14-38-15-13-32/h6-11,18-19,25-26H,4,12-17H2,1-3,5H3,(H,31,36)(H,34,35)/b11-10-,22-20+/t25-,26+/m1/s1. The number of amides is 1. The Labute approximate surface area is 223 Å². The number of carbonyl (C=O) groups is 2. The van der Waals surface area contributed by atoms with Gasteiger partial charge in [-0.2, -0.15) is 0 Å². The molecule has 0 radical (unpaired) electrons. The first kappa shape index (κ1) is 28.8. The minimum Gasteiger partial charge on any atom is -0.481 e. The van der Waals surface area contributed by atoms with E-state index in [2.05, 4.69) is 21.8 Å². The highest BCUT2D eigenvalue weighted by Crippen LogP contribution is 2.20. The van der Waals surface area contributed by atoms with Crippen LogP contribution in [-0.4, -0.2) is 63.8 Å². The molecular formula is C29H38N4O5. The summed E-state index contributed by atoms with van der Waals surface area (Å²) in [4.78, 5) is 45.0. The molecule has 3 rings (SSSR count). The van der Waals surface area contributed by atoms with Gasteiger partial charge in [0.1, 0.15) is 6.04 Å². The molecule has 9 nitrogen and oxygen atoms in total. The Morgan fingerprint density at radius 3 is 2.53 bits per heavy atom. The number of ether oxygens (including phenoxy) is 1. The average Bonchev–Trinajstić information content (AvgIpc) is 2.90. The van der Waals surface area contributed by atoms with Gasteiger partial charge in [0.2, 0.25) is 5.91 Å². The van der Waals surface area contributed by atoms with Crippen LogP contribution < -0.4 is 10.9 Å². The summed E-state index contributed by atoms with van der Waals surface area (Å²) in [7, 11) is 0. The van der Waals surface area contributed by atoms with Gasteiger partial charge in [-0.05, 0) is 49.5 Å². The quantitative estimate of drug-likeness (QED) is 0.433. The number of benzene rings is 1. The summed E-state index contributed by atoms with van der Waals surface area (Å²) in [5.74, 6) is -1.41. The minimum absolute atomic E-state index is 0.0982. The molecule has 1 aromatic carbocycles. The second-order valence-corrected chi connectivity index (χ2v) is 10.1. The summed E-state index contributed by atoms with van der Waals surface area (Å²) >= 11 is 0. The third kappa shape index (κ3) is 7.41. The van der Waals surface area contributed by atoms with E-state index in [1.165, 1.54) is 10.9 Å². The monoisotopic (exact) mass is 522 g/mol. The molecule has 0 saturated carbocycles. The maximum atomic E-state index is 13.5. The number of carbonyl (C=O) groups excluding carboxylic acids is 1. The molecule has 1 aliphatic heterocycles. The third-order valence-corrected chi connectivity index (χ3v) is 6.77. The highest BCUT2D eigenvalue weighted by Gasteiger charge is 2.27. The van der Waals surface area contributed by atoms with Crippen LogP contribution >= 0.6 is 0 Å². The molecule has 1 fully saturated rings. The smallest absolute Gasteiger partial charge is 0.305 e. The van der Waals surface area contributed by atoms with Crippen LogP contribution in [0.2, 0.25) is 0 Å². The van der Waals surface area contributed by atoms with Gasteiger partial charge >= 0.3 is 5.97 Å². The van der Waals surface area contributed by atoms with Crippen molar-refractivity contribution in [1.82, 2.24) is 19.8 Å². The zero-order valence-corrected chi connectivity index (χ0v) is 22.6. The molecule has 2 atom stereocenters. The van der Waals surface area contributed by atoms with Crippen molar-refractivity contribution in [3.05, 3.63) is 76.5 Å². The number of morpholine rings is 1. The summed E-state index contributed by atoms with van der Waals surface area (Å²) < 4.78 is 6.76. The fourth-order valence-electron chi connectivity index (χ4n) is 4.43. The van der Waals surface area contributed by atoms with Gasteiger partial charge < -0.3 is 20.1 Å². The van der Waals surface area contributed by atoms with Gasteiger partial charge in [0.15, 0.2) is 0 Å². The number of nitrogens with zero attached hydrogens (tertiary/aromatic N) is 3. The molecule has 0 aliphatic carbocycles. The highest BCUT2D eigenvalue weighted by atomic mass is 16.5. The van der Waals surface area contributed by atoms with Gasteiger partial charge in [-0.15, -0.1) is 0 Å². The van der Waals surface area contributed by atoms with Crippen LogP contribution in [0.5, 0.6) is 0 Å². The molecule has 2 N–H and O–H groups in total. The number of carboxylic acids is 1. The molecule has 9 heteroatoms. The average molecular weight is 523 g/mol. The predicted octanol–water partition coefficient (Wildman–Crippen LogP) is 3.68. The van der Waals surface area contributed by atoms with Crippen molar-refractivity contribution >= 4 is 22.8 Å². The molecule has 1 amide bonds. The maximum absolute atomic E-state index is 13.5. The lowest BCUT2D eigenvalue weighted by molar-refractivity contribution is -0.137. The number of para-hydroxylation sites is 1. The van der Waals surface area contributed by atoms with Crippen LogP contribution in [0, 0.1) is 5.92 Å². The maximum Gasteiger partial charge on any atom is 0.305 e. The Balaban J connectivity index is 1.84. The van der Waals surface area contributed by atoms with Crippen molar-refractivity contribution in [2.24, 2.45) is 5.92 Å². The first-order valence-electron chi connectivity index (χ1n) is 12.9. The molecule has 1 aliphatic rings. The molecule has 2 heterocycles. The molecule has 38 heavy (non-hydrogen) atoms. The van der Waals surface area contributed by atoms with Gasteiger partial charge in [-0.1, -0.05) is 44.7 Å². The van der Waals surface area contributed by atoms with Crippen molar-refractivity contribution in [2.45, 2.75) is 52.6 Å². The molecular weight excluding hydrogens is 484 g/mol. The Morgan fingerprint density at radius 2 is 1.87 bits per heavy atom.